The number of carbonyl (C=O) groups excluding carboxylic acids is 2. The smallest absolute Gasteiger partial charge is 0.322 e. The van der Waals surface area contributed by atoms with Crippen molar-refractivity contribution in [2.75, 3.05) is 6.61 Å². The van der Waals surface area contributed by atoms with Crippen LogP contribution in [0.1, 0.15) is 60.8 Å². The van der Waals surface area contributed by atoms with Gasteiger partial charge in [-0.3, -0.25) is 9.59 Å². The topological polar surface area (TPSA) is 61.8 Å². The molecule has 1 aliphatic heterocycles. The third-order valence-corrected chi connectivity index (χ3v) is 10.4. The van der Waals surface area contributed by atoms with Crippen molar-refractivity contribution in [1.29, 1.82) is 0 Å². The number of hydrogen-bond acceptors (Lipinski definition) is 5. The minimum Gasteiger partial charge on any atom is -0.547 e. The Balaban J connectivity index is 2.36. The highest BCUT2D eigenvalue weighted by molar-refractivity contribution is 6.74. The van der Waals surface area contributed by atoms with Crippen molar-refractivity contribution >= 4 is 20.1 Å². The fraction of sp³-hybridized carbons (Fsp3) is 0.800. The van der Waals surface area contributed by atoms with Crippen molar-refractivity contribution in [3.8, 4) is 0 Å². The molecule has 2 rings (SSSR count). The van der Waals surface area contributed by atoms with Crippen LogP contribution in [0.4, 0.5) is 0 Å². The second-order valence-electron chi connectivity index (χ2n) is 9.60. The van der Waals surface area contributed by atoms with E-state index >= 15 is 0 Å². The molecule has 1 fully saturated rings. The summed E-state index contributed by atoms with van der Waals surface area (Å²) < 4.78 is 17.9. The van der Waals surface area contributed by atoms with Crippen LogP contribution in [0.3, 0.4) is 0 Å². The molecule has 2 aliphatic rings. The number of carbonyl (C=O) groups is 2. The van der Waals surface area contributed by atoms with E-state index in [0.29, 0.717) is 6.42 Å². The van der Waals surface area contributed by atoms with Gasteiger partial charge in [0.05, 0.1) is 24.1 Å². The van der Waals surface area contributed by atoms with Crippen LogP contribution in [0, 0.1) is 5.41 Å². The zero-order valence-electron chi connectivity index (χ0n) is 17.5. The van der Waals surface area contributed by atoms with Gasteiger partial charge in [0, 0.05) is 12.8 Å². The van der Waals surface area contributed by atoms with E-state index in [4.69, 9.17) is 13.9 Å². The first-order chi connectivity index (χ1) is 11.7. The quantitative estimate of drug-likeness (QED) is 0.410. The van der Waals surface area contributed by atoms with E-state index in [1.807, 2.05) is 19.9 Å². The Kier molecular flexibility index (Phi) is 5.52. The molecule has 0 aromatic carbocycles. The van der Waals surface area contributed by atoms with Crippen LogP contribution in [0.15, 0.2) is 11.8 Å². The van der Waals surface area contributed by atoms with Gasteiger partial charge in [-0.1, -0.05) is 20.8 Å². The number of ether oxygens (including phenoxy) is 2. The van der Waals surface area contributed by atoms with Crippen molar-refractivity contribution in [2.24, 2.45) is 5.41 Å². The average molecular weight is 383 g/mol. The highest BCUT2D eigenvalue weighted by Crippen LogP contribution is 2.48. The Labute approximate surface area is 158 Å². The summed E-state index contributed by atoms with van der Waals surface area (Å²) in [6.07, 6.45) is 2.31. The predicted molar refractivity (Wildman–Crippen MR) is 103 cm³/mol. The van der Waals surface area contributed by atoms with E-state index in [9.17, 15) is 9.59 Å². The summed E-state index contributed by atoms with van der Waals surface area (Å²) in [6, 6.07) is 0. The number of esters is 1. The van der Waals surface area contributed by atoms with Gasteiger partial charge in [-0.25, -0.2) is 0 Å². The van der Waals surface area contributed by atoms with E-state index in [2.05, 4.69) is 33.9 Å². The number of rotatable bonds is 4. The molecule has 0 amide bonds. The first-order valence-electron chi connectivity index (χ1n) is 9.51. The molecule has 0 bridgehead atoms. The van der Waals surface area contributed by atoms with Gasteiger partial charge in [0.2, 0.25) is 8.32 Å². The van der Waals surface area contributed by atoms with Crippen LogP contribution in [0.5, 0.6) is 0 Å². The van der Waals surface area contributed by atoms with Gasteiger partial charge in [0.1, 0.15) is 0 Å². The van der Waals surface area contributed by atoms with Gasteiger partial charge in [-0.05, 0) is 51.4 Å². The predicted octanol–water partition coefficient (Wildman–Crippen LogP) is 4.37. The maximum absolute atomic E-state index is 13.0. The van der Waals surface area contributed by atoms with Crippen molar-refractivity contribution in [3.05, 3.63) is 11.8 Å². The third-order valence-electron chi connectivity index (χ3n) is 5.97. The summed E-state index contributed by atoms with van der Waals surface area (Å²) in [5.41, 5.74) is -1.82. The van der Waals surface area contributed by atoms with Gasteiger partial charge in [0.15, 0.2) is 11.2 Å². The van der Waals surface area contributed by atoms with E-state index in [0.717, 1.165) is 5.76 Å². The van der Waals surface area contributed by atoms with Crippen LogP contribution in [0.25, 0.3) is 0 Å². The van der Waals surface area contributed by atoms with E-state index in [1.54, 1.807) is 6.92 Å². The maximum atomic E-state index is 13.0. The lowest BCUT2D eigenvalue weighted by Crippen LogP contribution is -2.60. The van der Waals surface area contributed by atoms with Gasteiger partial charge >= 0.3 is 5.97 Å². The number of Topliss-reactive ketones (excluding diaryl/α,β-unsaturated/α-hetero) is 1. The van der Waals surface area contributed by atoms with Crippen molar-refractivity contribution in [2.45, 2.75) is 90.6 Å². The van der Waals surface area contributed by atoms with Crippen molar-refractivity contribution in [1.82, 2.24) is 0 Å². The van der Waals surface area contributed by atoms with Crippen LogP contribution in [0.2, 0.25) is 18.1 Å². The lowest BCUT2D eigenvalue weighted by Gasteiger charge is -2.49. The average Bonchev–Trinajstić information content (AvgIpc) is 2.44. The minimum absolute atomic E-state index is 0.0754. The molecule has 0 saturated carbocycles. The summed E-state index contributed by atoms with van der Waals surface area (Å²) in [6.45, 7) is 16.8. The molecule has 1 saturated heterocycles. The molecule has 1 aliphatic carbocycles. The molecule has 0 unspecified atom stereocenters. The molecule has 0 radical (unpaired) electrons. The van der Waals surface area contributed by atoms with E-state index < -0.39 is 31.4 Å². The number of allylic oxidation sites excluding steroid dienone is 1. The first-order valence-corrected chi connectivity index (χ1v) is 12.4. The highest BCUT2D eigenvalue weighted by Gasteiger charge is 2.60. The largest absolute Gasteiger partial charge is 0.547 e. The molecule has 0 spiro atoms. The summed E-state index contributed by atoms with van der Waals surface area (Å²) in [7, 11) is -1.99. The van der Waals surface area contributed by atoms with Crippen molar-refractivity contribution in [3.63, 3.8) is 0 Å². The zero-order chi connectivity index (χ0) is 20.0. The maximum Gasteiger partial charge on any atom is 0.322 e. The molecular weight excluding hydrogens is 348 g/mol. The summed E-state index contributed by atoms with van der Waals surface area (Å²) >= 11 is 0. The Morgan fingerprint density at radius 1 is 1.35 bits per heavy atom. The molecule has 0 aromatic heterocycles. The lowest BCUT2D eigenvalue weighted by molar-refractivity contribution is -0.200. The fourth-order valence-corrected chi connectivity index (χ4v) is 4.53. The van der Waals surface area contributed by atoms with Gasteiger partial charge in [0.25, 0.3) is 0 Å². The van der Waals surface area contributed by atoms with Crippen LogP contribution in [-0.2, 0) is 23.5 Å². The minimum atomic E-state index is -1.99. The molecule has 148 valence electrons. The molecule has 26 heavy (non-hydrogen) atoms. The van der Waals surface area contributed by atoms with Gasteiger partial charge in [-0.2, -0.15) is 0 Å². The molecule has 0 N–H and O–H groups in total. The Morgan fingerprint density at radius 2 is 1.96 bits per heavy atom. The Morgan fingerprint density at radius 3 is 2.50 bits per heavy atom. The standard InChI is InChI=1S/C20H34O5Si/c1-9-23-17(22)20-11-10-14(25-26(7,8)18(2,3)4)12-16(20)24-19(5,6)13-15(20)21/h10,16H,9,11-13H2,1-8H3/t16-,20+/m1/s1. The molecule has 6 heteroatoms. The summed E-state index contributed by atoms with van der Waals surface area (Å²) in [5, 5.41) is 0.0754. The van der Waals surface area contributed by atoms with Gasteiger partial charge < -0.3 is 13.9 Å². The highest BCUT2D eigenvalue weighted by atomic mass is 28.4. The Hall–Kier alpha value is -1.14. The second kappa shape index (κ2) is 6.79. The van der Waals surface area contributed by atoms with Crippen LogP contribution < -0.4 is 0 Å². The van der Waals surface area contributed by atoms with E-state index in [1.165, 1.54) is 0 Å². The summed E-state index contributed by atoms with van der Waals surface area (Å²) in [4.78, 5) is 25.7. The van der Waals surface area contributed by atoms with Crippen LogP contribution >= 0.6 is 0 Å². The molecule has 2 atom stereocenters. The SMILES string of the molecule is CCOC(=O)[C@]12CC=C(O[Si](C)(C)C(C)(C)C)C[C@H]1OC(C)(C)CC2=O. The van der Waals surface area contributed by atoms with Crippen molar-refractivity contribution < 1.29 is 23.5 Å². The number of fused-ring (bicyclic) bond motifs is 1. The monoisotopic (exact) mass is 382 g/mol. The molecular formula is C20H34O5Si. The fourth-order valence-electron chi connectivity index (χ4n) is 3.41. The molecule has 0 aromatic rings. The number of hydrogen-bond donors (Lipinski definition) is 0. The van der Waals surface area contributed by atoms with E-state index in [-0.39, 0.29) is 30.3 Å². The first kappa shape index (κ1) is 21.2. The lowest BCUT2D eigenvalue weighted by atomic mass is 9.66. The molecule has 1 heterocycles. The van der Waals surface area contributed by atoms with Gasteiger partial charge in [-0.15, -0.1) is 0 Å². The summed E-state index contributed by atoms with van der Waals surface area (Å²) in [5.74, 6) is 0.292. The number of ketones is 1. The third kappa shape index (κ3) is 3.76. The normalized spacial score (nSPS) is 28.8. The Bertz CT molecular complexity index is 614. The molecule has 5 nitrogen and oxygen atoms in total. The second-order valence-corrected chi connectivity index (χ2v) is 14.3. The zero-order valence-corrected chi connectivity index (χ0v) is 18.5. The van der Waals surface area contributed by atoms with Crippen LogP contribution in [-0.4, -0.2) is 38.4 Å².